The fourth-order valence-corrected chi connectivity index (χ4v) is 4.89. The molecule has 1 atom stereocenters. The number of nitrogens with zero attached hydrogens (tertiary/aromatic N) is 5. The highest BCUT2D eigenvalue weighted by atomic mass is 19.1. The van der Waals surface area contributed by atoms with Gasteiger partial charge in [0, 0.05) is 18.0 Å². The first-order valence-electron chi connectivity index (χ1n) is 11.6. The number of hydrazone groups is 1. The Kier molecular flexibility index (Phi) is 5.13. The Morgan fingerprint density at radius 2 is 1.91 bits per heavy atom. The number of hydrogen-bond donors (Lipinski definition) is 0. The van der Waals surface area contributed by atoms with Gasteiger partial charge in [0.05, 0.1) is 24.0 Å². The Balaban J connectivity index is 1.58. The van der Waals surface area contributed by atoms with Crippen molar-refractivity contribution in [1.82, 2.24) is 9.88 Å². The van der Waals surface area contributed by atoms with Gasteiger partial charge < -0.3 is 4.74 Å². The van der Waals surface area contributed by atoms with Crippen LogP contribution in [0.3, 0.4) is 0 Å². The first-order chi connectivity index (χ1) is 17.2. The van der Waals surface area contributed by atoms with Crippen LogP contribution in [0.5, 0.6) is 0 Å². The molecule has 3 heterocycles. The normalized spacial score (nSPS) is 18.4. The molecule has 0 saturated heterocycles. The van der Waals surface area contributed by atoms with Crippen molar-refractivity contribution >= 4 is 29.1 Å². The second kappa shape index (κ2) is 8.47. The van der Waals surface area contributed by atoms with E-state index in [1.807, 2.05) is 35.4 Å². The number of aryl methyl sites for hydroxylation is 1. The molecule has 35 heavy (non-hydrogen) atoms. The zero-order valence-corrected chi connectivity index (χ0v) is 19.1. The fourth-order valence-electron chi connectivity index (χ4n) is 4.89. The molecule has 3 aliphatic rings. The maximum absolute atomic E-state index is 13.7. The zero-order chi connectivity index (χ0) is 23.9. The van der Waals surface area contributed by atoms with E-state index in [2.05, 4.69) is 22.2 Å². The van der Waals surface area contributed by atoms with Crippen LogP contribution in [0.1, 0.15) is 36.1 Å². The molecule has 8 heteroatoms. The minimum atomic E-state index is -0.543. The average molecular weight is 468 g/mol. The summed E-state index contributed by atoms with van der Waals surface area (Å²) in [6.07, 6.45) is 5.19. The third-order valence-electron chi connectivity index (χ3n) is 6.40. The monoisotopic (exact) mass is 467 g/mol. The van der Waals surface area contributed by atoms with Crippen LogP contribution in [0.4, 0.5) is 10.1 Å². The molecule has 1 aliphatic carbocycles. The van der Waals surface area contributed by atoms with Crippen LogP contribution < -0.4 is 5.01 Å². The molecule has 6 rings (SSSR count). The van der Waals surface area contributed by atoms with Gasteiger partial charge >= 0.3 is 5.97 Å². The van der Waals surface area contributed by atoms with Crippen LogP contribution in [0.15, 0.2) is 88.7 Å². The summed E-state index contributed by atoms with van der Waals surface area (Å²) in [6.45, 7) is 1.97. The summed E-state index contributed by atoms with van der Waals surface area (Å²) in [5, 5.41) is 6.22. The van der Waals surface area contributed by atoms with Crippen molar-refractivity contribution in [2.45, 2.75) is 25.8 Å². The lowest BCUT2D eigenvalue weighted by atomic mass is 9.82. The number of benzene rings is 2. The lowest BCUT2D eigenvalue weighted by molar-refractivity contribution is -0.135. The number of hydrogen-bond acceptors (Lipinski definition) is 7. The van der Waals surface area contributed by atoms with Crippen LogP contribution in [-0.4, -0.2) is 34.3 Å². The summed E-state index contributed by atoms with van der Waals surface area (Å²) in [4.78, 5) is 24.3. The third kappa shape index (κ3) is 3.49. The number of halogens is 1. The molecular weight excluding hydrogens is 445 g/mol. The van der Waals surface area contributed by atoms with Gasteiger partial charge in [0.1, 0.15) is 5.82 Å². The molecule has 0 fully saturated rings. The highest BCUT2D eigenvalue weighted by molar-refractivity contribution is 6.41. The van der Waals surface area contributed by atoms with Crippen molar-refractivity contribution in [3.05, 3.63) is 101 Å². The Bertz CT molecular complexity index is 1400. The Morgan fingerprint density at radius 3 is 2.69 bits per heavy atom. The summed E-state index contributed by atoms with van der Waals surface area (Å²) in [5.74, 6) is -0.304. The summed E-state index contributed by atoms with van der Waals surface area (Å²) in [6, 6.07) is 17.7. The van der Waals surface area contributed by atoms with E-state index in [0.29, 0.717) is 11.6 Å². The largest absolute Gasteiger partial charge is 0.460 e. The molecule has 2 aromatic carbocycles. The Labute approximate surface area is 201 Å². The SMILES string of the molecule is CCOC(=O)C1=NN(c2ccc(F)cc2)C2=NC3=C(CCc4ccccc43)[C@H](c3cccnc3)N12. The van der Waals surface area contributed by atoms with E-state index in [9.17, 15) is 9.18 Å². The topological polar surface area (TPSA) is 70.4 Å². The number of guanidine groups is 1. The quantitative estimate of drug-likeness (QED) is 0.521. The number of rotatable bonds is 4. The van der Waals surface area contributed by atoms with E-state index in [4.69, 9.17) is 9.73 Å². The summed E-state index contributed by atoms with van der Waals surface area (Å²) < 4.78 is 19.1. The van der Waals surface area contributed by atoms with Crippen molar-refractivity contribution in [2.24, 2.45) is 10.1 Å². The second-order valence-electron chi connectivity index (χ2n) is 8.43. The van der Waals surface area contributed by atoms with E-state index in [0.717, 1.165) is 35.2 Å². The fraction of sp³-hybridized carbons (Fsp3) is 0.185. The number of aromatic nitrogens is 1. The predicted octanol–water partition coefficient (Wildman–Crippen LogP) is 4.69. The van der Waals surface area contributed by atoms with E-state index < -0.39 is 5.97 Å². The van der Waals surface area contributed by atoms with E-state index in [1.54, 1.807) is 30.3 Å². The summed E-state index contributed by atoms with van der Waals surface area (Å²) in [7, 11) is 0. The molecule has 0 bridgehead atoms. The number of carbonyl (C=O) groups excluding carboxylic acids is 1. The standard InChI is InChI=1S/C27H22FN5O2/c1-2-35-26(34)25-31-33(20-12-10-19(28)11-13-20)27-30-23-21-8-4-3-6-17(21)9-14-22(23)24(32(25)27)18-7-5-15-29-16-18/h3-8,10-13,15-16,24H,2,9,14H2,1H3/t24-/m0/s1. The average Bonchev–Trinajstić information content (AvgIpc) is 3.27. The van der Waals surface area contributed by atoms with Gasteiger partial charge in [-0.2, -0.15) is 5.01 Å². The smallest absolute Gasteiger partial charge is 0.376 e. The van der Waals surface area contributed by atoms with Crippen LogP contribution in [-0.2, 0) is 16.0 Å². The van der Waals surface area contributed by atoms with Crippen molar-refractivity contribution in [3.8, 4) is 0 Å². The lowest BCUT2D eigenvalue weighted by Gasteiger charge is -2.38. The van der Waals surface area contributed by atoms with Crippen molar-refractivity contribution in [3.63, 3.8) is 0 Å². The number of amidine groups is 1. The van der Waals surface area contributed by atoms with Crippen LogP contribution in [0, 0.1) is 5.82 Å². The molecule has 3 aromatic rings. The maximum atomic E-state index is 13.7. The van der Waals surface area contributed by atoms with Gasteiger partial charge in [-0.1, -0.05) is 30.3 Å². The van der Waals surface area contributed by atoms with Crippen molar-refractivity contribution in [2.75, 3.05) is 11.6 Å². The first-order valence-corrected chi connectivity index (χ1v) is 11.6. The maximum Gasteiger partial charge on any atom is 0.376 e. The third-order valence-corrected chi connectivity index (χ3v) is 6.40. The van der Waals surface area contributed by atoms with Crippen LogP contribution in [0.2, 0.25) is 0 Å². The van der Waals surface area contributed by atoms with Gasteiger partial charge in [0.15, 0.2) is 0 Å². The molecule has 0 saturated carbocycles. The Hall–Kier alpha value is -4.33. The highest BCUT2D eigenvalue weighted by Crippen LogP contribution is 2.46. The number of fused-ring (bicyclic) bond motifs is 3. The number of ether oxygens (including phenoxy) is 1. The van der Waals surface area contributed by atoms with Gasteiger partial charge in [0.2, 0.25) is 11.8 Å². The highest BCUT2D eigenvalue weighted by Gasteiger charge is 2.46. The first kappa shape index (κ1) is 21.2. The molecular formula is C27H22FN5O2. The Morgan fingerprint density at radius 1 is 1.09 bits per heavy atom. The number of esters is 1. The zero-order valence-electron chi connectivity index (χ0n) is 19.1. The molecule has 7 nitrogen and oxygen atoms in total. The molecule has 0 radical (unpaired) electrons. The van der Waals surface area contributed by atoms with Gasteiger partial charge in [-0.3, -0.25) is 9.88 Å². The number of aliphatic imine (C=N–C) groups is 1. The van der Waals surface area contributed by atoms with Crippen LogP contribution >= 0.6 is 0 Å². The minimum absolute atomic E-state index is 0.134. The molecule has 2 aliphatic heterocycles. The van der Waals surface area contributed by atoms with Crippen molar-refractivity contribution < 1.29 is 13.9 Å². The molecule has 1 aromatic heterocycles. The lowest BCUT2D eigenvalue weighted by Crippen LogP contribution is -2.46. The van der Waals surface area contributed by atoms with Gasteiger partial charge in [-0.15, -0.1) is 5.10 Å². The molecule has 0 unspecified atom stereocenters. The van der Waals surface area contributed by atoms with Gasteiger partial charge in [-0.05, 0) is 66.8 Å². The van der Waals surface area contributed by atoms with Crippen molar-refractivity contribution in [1.29, 1.82) is 0 Å². The number of carbonyl (C=O) groups is 1. The predicted molar refractivity (Wildman–Crippen MR) is 131 cm³/mol. The minimum Gasteiger partial charge on any atom is -0.460 e. The van der Waals surface area contributed by atoms with Gasteiger partial charge in [0.25, 0.3) is 0 Å². The number of pyridine rings is 1. The molecule has 0 amide bonds. The van der Waals surface area contributed by atoms with Crippen LogP contribution in [0.25, 0.3) is 5.70 Å². The summed E-state index contributed by atoms with van der Waals surface area (Å²) in [5.41, 5.74) is 5.78. The van der Waals surface area contributed by atoms with Gasteiger partial charge in [-0.25, -0.2) is 14.2 Å². The molecule has 0 N–H and O–H groups in total. The second-order valence-corrected chi connectivity index (χ2v) is 8.43. The van der Waals surface area contributed by atoms with E-state index in [-0.39, 0.29) is 24.3 Å². The van der Waals surface area contributed by atoms with E-state index in [1.165, 1.54) is 17.7 Å². The molecule has 174 valence electrons. The van der Waals surface area contributed by atoms with E-state index >= 15 is 0 Å². The molecule has 0 spiro atoms. The summed E-state index contributed by atoms with van der Waals surface area (Å²) >= 11 is 0. The number of anilines is 1.